The molecule has 2 N–H and O–H groups in total. The molecule has 0 spiro atoms. The number of hydrogen-bond donors (Lipinski definition) is 2. The summed E-state index contributed by atoms with van der Waals surface area (Å²) in [5.74, 6) is -1.35. The molecule has 1 fully saturated rings. The summed E-state index contributed by atoms with van der Waals surface area (Å²) in [4.78, 5) is 31.4. The van der Waals surface area contributed by atoms with Gasteiger partial charge in [-0.15, -0.1) is 0 Å². The SMILES string of the molecule is CNC(=O)N1CCCC(C(=O)N(C)[C@@H](c2ccc(NC3Cc4ccccc4C3(C)C)cn2)C(F)(F)F)C1. The third kappa shape index (κ3) is 5.38. The third-order valence-electron chi connectivity index (χ3n) is 7.73. The Morgan fingerprint density at radius 3 is 2.54 bits per heavy atom. The molecule has 0 saturated carbocycles. The Bertz CT molecular complexity index is 1140. The van der Waals surface area contributed by atoms with Gasteiger partial charge in [-0.05, 0) is 42.5 Å². The number of urea groups is 1. The molecule has 3 atom stereocenters. The fraction of sp³-hybridized carbons (Fsp3) is 0.519. The van der Waals surface area contributed by atoms with Crippen molar-refractivity contribution in [3.8, 4) is 0 Å². The minimum absolute atomic E-state index is 0.0646. The van der Waals surface area contributed by atoms with Crippen LogP contribution >= 0.6 is 0 Å². The van der Waals surface area contributed by atoms with Gasteiger partial charge in [-0.3, -0.25) is 9.78 Å². The normalized spacial score (nSPS) is 21.6. The van der Waals surface area contributed by atoms with Gasteiger partial charge in [0.05, 0.1) is 23.5 Å². The van der Waals surface area contributed by atoms with E-state index in [1.807, 2.05) is 12.1 Å². The summed E-state index contributed by atoms with van der Waals surface area (Å²) in [5.41, 5.74) is 2.73. The molecule has 2 unspecified atom stereocenters. The predicted molar refractivity (Wildman–Crippen MR) is 135 cm³/mol. The number of anilines is 1. The lowest BCUT2D eigenvalue weighted by Gasteiger charge is -2.36. The Hall–Kier alpha value is -3.30. The van der Waals surface area contributed by atoms with E-state index in [0.29, 0.717) is 25.1 Å². The van der Waals surface area contributed by atoms with E-state index in [4.69, 9.17) is 0 Å². The van der Waals surface area contributed by atoms with Crippen molar-refractivity contribution in [1.82, 2.24) is 20.1 Å². The summed E-state index contributed by atoms with van der Waals surface area (Å²) in [5, 5.41) is 5.94. The van der Waals surface area contributed by atoms with E-state index in [0.717, 1.165) is 18.4 Å². The molecule has 3 amide bonds. The Balaban J connectivity index is 1.49. The molecule has 2 heterocycles. The van der Waals surface area contributed by atoms with Crippen LogP contribution in [-0.4, -0.2) is 66.1 Å². The number of amides is 3. The van der Waals surface area contributed by atoms with Crippen LogP contribution < -0.4 is 10.6 Å². The van der Waals surface area contributed by atoms with E-state index in [2.05, 4.69) is 41.6 Å². The zero-order valence-corrected chi connectivity index (χ0v) is 21.6. The highest BCUT2D eigenvalue weighted by molar-refractivity contribution is 5.81. The zero-order chi connectivity index (χ0) is 27.0. The molecule has 2 aromatic rings. The molecular formula is C27H34F3N5O2. The van der Waals surface area contributed by atoms with Gasteiger partial charge in [0.1, 0.15) is 0 Å². The highest BCUT2D eigenvalue weighted by Crippen LogP contribution is 2.41. The third-order valence-corrected chi connectivity index (χ3v) is 7.73. The van der Waals surface area contributed by atoms with Gasteiger partial charge in [-0.2, -0.15) is 13.2 Å². The first-order valence-electron chi connectivity index (χ1n) is 12.5. The van der Waals surface area contributed by atoms with Crippen LogP contribution in [0, 0.1) is 5.92 Å². The lowest BCUT2D eigenvalue weighted by Crippen LogP contribution is -2.50. The maximum Gasteiger partial charge on any atom is 0.414 e. The van der Waals surface area contributed by atoms with Gasteiger partial charge in [0, 0.05) is 38.6 Å². The summed E-state index contributed by atoms with van der Waals surface area (Å²) in [7, 11) is 2.64. The topological polar surface area (TPSA) is 77.6 Å². The van der Waals surface area contributed by atoms with E-state index < -0.39 is 24.0 Å². The van der Waals surface area contributed by atoms with Crippen LogP contribution in [0.1, 0.15) is 49.6 Å². The number of piperidine rings is 1. The number of hydrogen-bond acceptors (Lipinski definition) is 4. The molecule has 2 aliphatic rings. The van der Waals surface area contributed by atoms with Gasteiger partial charge in [0.25, 0.3) is 0 Å². The van der Waals surface area contributed by atoms with E-state index in [1.54, 1.807) is 6.07 Å². The van der Waals surface area contributed by atoms with Crippen LogP contribution in [0.3, 0.4) is 0 Å². The van der Waals surface area contributed by atoms with Crippen molar-refractivity contribution in [2.24, 2.45) is 5.92 Å². The summed E-state index contributed by atoms with van der Waals surface area (Å²) >= 11 is 0. The van der Waals surface area contributed by atoms with Crippen molar-refractivity contribution >= 4 is 17.6 Å². The average Bonchev–Trinajstić information content (AvgIpc) is 3.12. The molecule has 1 aliphatic heterocycles. The molecule has 0 bridgehead atoms. The predicted octanol–water partition coefficient (Wildman–Crippen LogP) is 4.51. The quantitative estimate of drug-likeness (QED) is 0.612. The van der Waals surface area contributed by atoms with Gasteiger partial charge in [-0.1, -0.05) is 38.1 Å². The number of carbonyl (C=O) groups is 2. The Morgan fingerprint density at radius 2 is 1.92 bits per heavy atom. The van der Waals surface area contributed by atoms with Crippen LogP contribution in [0.5, 0.6) is 0 Å². The van der Waals surface area contributed by atoms with Crippen LogP contribution in [0.15, 0.2) is 42.6 Å². The largest absolute Gasteiger partial charge is 0.414 e. The average molecular weight is 518 g/mol. The molecular weight excluding hydrogens is 483 g/mol. The van der Waals surface area contributed by atoms with Crippen molar-refractivity contribution in [2.75, 3.05) is 32.5 Å². The molecule has 1 saturated heterocycles. The summed E-state index contributed by atoms with van der Waals surface area (Å²) < 4.78 is 42.6. The summed E-state index contributed by atoms with van der Waals surface area (Å²) in [6.45, 7) is 4.85. The number of nitrogens with one attached hydrogen (secondary N) is 2. The second-order valence-electron chi connectivity index (χ2n) is 10.5. The Morgan fingerprint density at radius 1 is 1.19 bits per heavy atom. The van der Waals surface area contributed by atoms with Crippen molar-refractivity contribution < 1.29 is 22.8 Å². The number of carbonyl (C=O) groups excluding carboxylic acids is 2. The number of alkyl halides is 3. The minimum atomic E-state index is -4.71. The molecule has 37 heavy (non-hydrogen) atoms. The molecule has 1 aromatic carbocycles. The summed E-state index contributed by atoms with van der Waals surface area (Å²) in [6.07, 6.45) is -1.52. The number of pyridine rings is 1. The number of aromatic nitrogens is 1. The fourth-order valence-corrected chi connectivity index (χ4v) is 5.60. The standard InChI is InChI=1S/C27H34F3N5O2/c1-26(2)20-10-6-5-8-17(20)14-22(26)33-19-11-12-21(32-15-19)23(27(28,29)30)34(4)24(36)18-9-7-13-35(16-18)25(37)31-3/h5-6,8,10-12,15,18,22-23,33H,7,9,13-14,16H2,1-4H3,(H,31,37)/t18?,22?,23-/m0/s1. The van der Waals surface area contributed by atoms with Crippen molar-refractivity contribution in [3.05, 3.63) is 59.4 Å². The number of fused-ring (bicyclic) bond motifs is 1. The second kappa shape index (κ2) is 10.2. The molecule has 10 heteroatoms. The van der Waals surface area contributed by atoms with Crippen molar-refractivity contribution in [2.45, 2.75) is 56.8 Å². The Labute approximate surface area is 215 Å². The molecule has 7 nitrogen and oxygen atoms in total. The van der Waals surface area contributed by atoms with Gasteiger partial charge in [-0.25, -0.2) is 4.79 Å². The fourth-order valence-electron chi connectivity index (χ4n) is 5.60. The maximum absolute atomic E-state index is 14.2. The monoisotopic (exact) mass is 517 g/mol. The molecule has 1 aromatic heterocycles. The van der Waals surface area contributed by atoms with E-state index in [9.17, 15) is 22.8 Å². The van der Waals surface area contributed by atoms with Crippen LogP contribution in [0.4, 0.5) is 23.7 Å². The first-order chi connectivity index (χ1) is 17.4. The minimum Gasteiger partial charge on any atom is -0.380 e. The second-order valence-corrected chi connectivity index (χ2v) is 10.5. The summed E-state index contributed by atoms with van der Waals surface area (Å²) in [6, 6.07) is 8.69. The van der Waals surface area contributed by atoms with Gasteiger partial charge in [0.15, 0.2) is 6.04 Å². The van der Waals surface area contributed by atoms with Crippen LogP contribution in [0.25, 0.3) is 0 Å². The first kappa shape index (κ1) is 26.8. The van der Waals surface area contributed by atoms with Gasteiger partial charge in [0.2, 0.25) is 5.91 Å². The lowest BCUT2D eigenvalue weighted by atomic mass is 9.83. The smallest absolute Gasteiger partial charge is 0.380 e. The van der Waals surface area contributed by atoms with E-state index in [1.165, 1.54) is 35.3 Å². The number of benzene rings is 1. The highest BCUT2D eigenvalue weighted by Gasteiger charge is 2.47. The first-order valence-corrected chi connectivity index (χ1v) is 12.5. The van der Waals surface area contributed by atoms with Gasteiger partial charge < -0.3 is 20.4 Å². The number of likely N-dealkylation sites (tertiary alicyclic amines) is 1. The number of halogens is 3. The molecule has 1 aliphatic carbocycles. The number of nitrogens with zero attached hydrogens (tertiary/aromatic N) is 3. The maximum atomic E-state index is 14.2. The van der Waals surface area contributed by atoms with E-state index in [-0.39, 0.29) is 29.7 Å². The molecule has 0 radical (unpaired) electrons. The van der Waals surface area contributed by atoms with Crippen LogP contribution in [-0.2, 0) is 16.6 Å². The molecule has 4 rings (SSSR count). The highest BCUT2D eigenvalue weighted by atomic mass is 19.4. The lowest BCUT2D eigenvalue weighted by molar-refractivity contribution is -0.191. The van der Waals surface area contributed by atoms with Crippen molar-refractivity contribution in [1.29, 1.82) is 0 Å². The molecule has 200 valence electrons. The number of rotatable bonds is 5. The van der Waals surface area contributed by atoms with E-state index >= 15 is 0 Å². The zero-order valence-electron chi connectivity index (χ0n) is 21.6. The Kier molecular flexibility index (Phi) is 7.39. The van der Waals surface area contributed by atoms with Gasteiger partial charge >= 0.3 is 12.2 Å². The van der Waals surface area contributed by atoms with Crippen LogP contribution in [0.2, 0.25) is 0 Å². The van der Waals surface area contributed by atoms with Crippen molar-refractivity contribution in [3.63, 3.8) is 0 Å².